The quantitative estimate of drug-likeness (QED) is 0.251. The van der Waals surface area contributed by atoms with Crippen LogP contribution in [0, 0.1) is 0 Å². The molecule has 2 aliphatic rings. The van der Waals surface area contributed by atoms with Gasteiger partial charge in [0.1, 0.15) is 17.2 Å². The van der Waals surface area contributed by atoms with E-state index >= 15 is 0 Å². The zero-order valence-corrected chi connectivity index (χ0v) is 23.5. The maximum Gasteiger partial charge on any atom is 0.119 e. The predicted molar refractivity (Wildman–Crippen MR) is 164 cm³/mol. The number of pyridine rings is 1. The summed E-state index contributed by atoms with van der Waals surface area (Å²) in [4.78, 5) is 5.49. The number of methoxy groups -OCH3 is 3. The van der Waals surface area contributed by atoms with Crippen LogP contribution in [-0.4, -0.2) is 26.3 Å². The fourth-order valence-corrected chi connectivity index (χ4v) is 6.10. The Morgan fingerprint density at radius 3 is 1.55 bits per heavy atom. The van der Waals surface area contributed by atoms with Gasteiger partial charge in [-0.2, -0.15) is 0 Å². The molecule has 0 spiro atoms. The number of benzene rings is 3. The number of fused-ring (bicyclic) bond motifs is 2. The van der Waals surface area contributed by atoms with Crippen LogP contribution in [0.2, 0.25) is 0 Å². The van der Waals surface area contributed by atoms with Crippen LogP contribution in [0.3, 0.4) is 0 Å². The van der Waals surface area contributed by atoms with E-state index in [9.17, 15) is 0 Å². The van der Waals surface area contributed by atoms with Crippen LogP contribution >= 0.6 is 0 Å². The summed E-state index contributed by atoms with van der Waals surface area (Å²) in [5.74, 6) is 2.61. The van der Waals surface area contributed by atoms with Gasteiger partial charge in [-0.15, -0.1) is 0 Å². The molecule has 0 amide bonds. The first kappa shape index (κ1) is 25.9. The molecular formula is C36H35NO3. The third-order valence-electron chi connectivity index (χ3n) is 7.98. The Hall–Kier alpha value is -4.31. The van der Waals surface area contributed by atoms with E-state index in [4.69, 9.17) is 19.2 Å². The average molecular weight is 530 g/mol. The molecule has 0 atom stereocenters. The Morgan fingerprint density at radius 1 is 0.575 bits per heavy atom. The first-order valence-corrected chi connectivity index (χ1v) is 14.1. The van der Waals surface area contributed by atoms with E-state index in [0.29, 0.717) is 0 Å². The average Bonchev–Trinajstić information content (AvgIpc) is 3.00. The number of ether oxygens (including phenoxy) is 3. The molecule has 0 aliphatic heterocycles. The maximum atomic E-state index is 5.65. The third kappa shape index (κ3) is 5.14. The Bertz CT molecular complexity index is 1520. The first-order valence-electron chi connectivity index (χ1n) is 14.1. The minimum Gasteiger partial charge on any atom is -0.497 e. The summed E-state index contributed by atoms with van der Waals surface area (Å²) < 4.78 is 16.6. The van der Waals surface area contributed by atoms with Gasteiger partial charge in [0.2, 0.25) is 0 Å². The number of nitrogens with zero attached hydrogens (tertiary/aromatic N) is 1. The first-order chi connectivity index (χ1) is 19.7. The van der Waals surface area contributed by atoms with Crippen LogP contribution < -0.4 is 14.2 Å². The molecule has 0 saturated carbocycles. The predicted octanol–water partition coefficient (Wildman–Crippen LogP) is 8.53. The van der Waals surface area contributed by atoms with Gasteiger partial charge in [-0.25, -0.2) is 4.98 Å². The Morgan fingerprint density at radius 2 is 1.05 bits per heavy atom. The Kier molecular flexibility index (Phi) is 7.41. The number of aromatic nitrogens is 1. The molecule has 4 nitrogen and oxygen atoms in total. The monoisotopic (exact) mass is 529 g/mol. The fraction of sp³-hybridized carbons (Fsp3) is 0.250. The SMILES string of the molecule is COc1cccc(/C=C2/CCCc3c2nc2c(c3-c3cccc(OC)c3)CCC/C2=C\c2cccc(OC)c2)c1. The Balaban J connectivity index is 1.58. The van der Waals surface area contributed by atoms with Gasteiger partial charge in [0, 0.05) is 0 Å². The molecule has 202 valence electrons. The minimum atomic E-state index is 0.865. The molecule has 0 bridgehead atoms. The van der Waals surface area contributed by atoms with Crippen LogP contribution in [0.4, 0.5) is 0 Å². The highest BCUT2D eigenvalue weighted by Crippen LogP contribution is 2.45. The van der Waals surface area contributed by atoms with E-state index < -0.39 is 0 Å². The molecule has 4 aromatic rings. The summed E-state index contributed by atoms with van der Waals surface area (Å²) in [5, 5.41) is 0. The summed E-state index contributed by atoms with van der Waals surface area (Å²) in [6, 6.07) is 25.0. The van der Waals surface area contributed by atoms with Crippen LogP contribution in [0.5, 0.6) is 17.2 Å². The molecule has 0 fully saturated rings. The third-order valence-corrected chi connectivity index (χ3v) is 7.98. The molecule has 2 aliphatic carbocycles. The smallest absolute Gasteiger partial charge is 0.119 e. The normalized spacial score (nSPS) is 16.4. The standard InChI is InChI=1S/C36H35NO3/c1-38-29-14-4-9-24(21-29)19-27-12-7-17-32-34(26-11-6-16-31(23-26)40-3)33-18-8-13-28(36(33)37-35(27)32)20-25-10-5-15-30(22-25)39-2/h4-6,9-11,14-16,19-23H,7-8,12-13,17-18H2,1-3H3/b27-19-,28-20+. The number of rotatable bonds is 6. The summed E-state index contributed by atoms with van der Waals surface area (Å²) in [7, 11) is 5.17. The second kappa shape index (κ2) is 11.4. The van der Waals surface area contributed by atoms with Crippen molar-refractivity contribution in [3.05, 3.63) is 106 Å². The summed E-state index contributed by atoms with van der Waals surface area (Å²) >= 11 is 0. The van der Waals surface area contributed by atoms with Gasteiger partial charge in [0.15, 0.2) is 0 Å². The van der Waals surface area contributed by atoms with Crippen molar-refractivity contribution < 1.29 is 14.2 Å². The summed E-state index contributed by atoms with van der Waals surface area (Å²) in [5.41, 5.74) is 12.4. The maximum absolute atomic E-state index is 5.65. The lowest BCUT2D eigenvalue weighted by atomic mass is 9.78. The van der Waals surface area contributed by atoms with E-state index in [-0.39, 0.29) is 0 Å². The molecule has 0 N–H and O–H groups in total. The number of hydrogen-bond acceptors (Lipinski definition) is 4. The topological polar surface area (TPSA) is 40.6 Å². The molecule has 0 unspecified atom stereocenters. The number of allylic oxidation sites excluding steroid dienone is 2. The van der Waals surface area contributed by atoms with Crippen molar-refractivity contribution in [1.82, 2.24) is 4.98 Å². The molecule has 1 heterocycles. The van der Waals surface area contributed by atoms with Crippen LogP contribution in [0.1, 0.15) is 59.3 Å². The molecule has 6 rings (SSSR count). The lowest BCUT2D eigenvalue weighted by Gasteiger charge is -2.29. The van der Waals surface area contributed by atoms with E-state index in [2.05, 4.69) is 54.6 Å². The Labute approximate surface area is 237 Å². The zero-order valence-electron chi connectivity index (χ0n) is 23.5. The number of hydrogen-bond donors (Lipinski definition) is 0. The second-order valence-electron chi connectivity index (χ2n) is 10.5. The van der Waals surface area contributed by atoms with Crippen molar-refractivity contribution in [3.8, 4) is 28.4 Å². The second-order valence-corrected chi connectivity index (χ2v) is 10.5. The van der Waals surface area contributed by atoms with Crippen molar-refractivity contribution >= 4 is 23.3 Å². The van der Waals surface area contributed by atoms with Gasteiger partial charge in [0.05, 0.1) is 32.7 Å². The highest BCUT2D eigenvalue weighted by Gasteiger charge is 2.28. The molecule has 1 aromatic heterocycles. The van der Waals surface area contributed by atoms with E-state index in [1.807, 2.05) is 30.3 Å². The highest BCUT2D eigenvalue weighted by atomic mass is 16.5. The molecular weight excluding hydrogens is 494 g/mol. The van der Waals surface area contributed by atoms with Gasteiger partial charge < -0.3 is 14.2 Å². The minimum absolute atomic E-state index is 0.865. The molecule has 0 radical (unpaired) electrons. The van der Waals surface area contributed by atoms with Crippen LogP contribution in [0.15, 0.2) is 72.8 Å². The lowest BCUT2D eigenvalue weighted by Crippen LogP contribution is -2.15. The summed E-state index contributed by atoms with van der Waals surface area (Å²) in [6.07, 6.45) is 10.8. The van der Waals surface area contributed by atoms with Crippen molar-refractivity contribution in [3.63, 3.8) is 0 Å². The molecule has 40 heavy (non-hydrogen) atoms. The van der Waals surface area contributed by atoms with Gasteiger partial charge in [-0.05, 0) is 132 Å². The zero-order chi connectivity index (χ0) is 27.5. The van der Waals surface area contributed by atoms with E-state index in [0.717, 1.165) is 78.3 Å². The summed E-state index contributed by atoms with van der Waals surface area (Å²) in [6.45, 7) is 0. The van der Waals surface area contributed by atoms with Gasteiger partial charge in [0.25, 0.3) is 0 Å². The van der Waals surface area contributed by atoms with Crippen molar-refractivity contribution in [1.29, 1.82) is 0 Å². The largest absolute Gasteiger partial charge is 0.497 e. The molecule has 0 saturated heterocycles. The highest BCUT2D eigenvalue weighted by molar-refractivity contribution is 5.91. The molecule has 3 aromatic carbocycles. The van der Waals surface area contributed by atoms with Crippen LogP contribution in [-0.2, 0) is 12.8 Å². The molecule has 4 heteroatoms. The van der Waals surface area contributed by atoms with Crippen molar-refractivity contribution in [2.45, 2.75) is 38.5 Å². The van der Waals surface area contributed by atoms with E-state index in [1.54, 1.807) is 21.3 Å². The van der Waals surface area contributed by atoms with Crippen LogP contribution in [0.25, 0.3) is 34.4 Å². The van der Waals surface area contributed by atoms with Crippen molar-refractivity contribution in [2.75, 3.05) is 21.3 Å². The fourth-order valence-electron chi connectivity index (χ4n) is 6.10. The van der Waals surface area contributed by atoms with E-state index in [1.165, 1.54) is 33.4 Å². The van der Waals surface area contributed by atoms with Gasteiger partial charge in [-0.3, -0.25) is 0 Å². The van der Waals surface area contributed by atoms with Crippen molar-refractivity contribution in [2.24, 2.45) is 0 Å². The van der Waals surface area contributed by atoms with Gasteiger partial charge in [-0.1, -0.05) is 36.4 Å². The van der Waals surface area contributed by atoms with Gasteiger partial charge >= 0.3 is 0 Å². The lowest BCUT2D eigenvalue weighted by molar-refractivity contribution is 0.414.